The van der Waals surface area contributed by atoms with Gasteiger partial charge in [0.1, 0.15) is 17.7 Å². The van der Waals surface area contributed by atoms with Crippen molar-refractivity contribution in [2.75, 3.05) is 5.32 Å². The van der Waals surface area contributed by atoms with Crippen molar-refractivity contribution >= 4 is 34.8 Å². The van der Waals surface area contributed by atoms with E-state index in [1.54, 1.807) is 31.3 Å². The van der Waals surface area contributed by atoms with E-state index in [0.717, 1.165) is 6.07 Å². The van der Waals surface area contributed by atoms with Crippen molar-refractivity contribution in [1.82, 2.24) is 0 Å². The molecule has 0 fully saturated rings. The molecule has 2 aromatic rings. The number of nitrogens with two attached hydrogens (primary N) is 1. The lowest BCUT2D eigenvalue weighted by Crippen LogP contribution is -2.91. The molecule has 0 aliphatic heterocycles. The minimum atomic E-state index is -0.633. The van der Waals surface area contributed by atoms with E-state index in [-0.39, 0.29) is 11.9 Å². The van der Waals surface area contributed by atoms with Gasteiger partial charge in [0.2, 0.25) is 0 Å². The number of rotatable bonds is 5. The van der Waals surface area contributed by atoms with Gasteiger partial charge in [-0.05, 0) is 44.2 Å². The van der Waals surface area contributed by atoms with E-state index in [2.05, 4.69) is 5.32 Å². The number of nitrogens with one attached hydrogen (secondary N) is 1. The van der Waals surface area contributed by atoms with Gasteiger partial charge in [0.15, 0.2) is 6.04 Å². The Morgan fingerprint density at radius 1 is 1.12 bits per heavy atom. The largest absolute Gasteiger partial charge is 0.330 e. The third kappa shape index (κ3) is 4.66. The normalized spacial score (nSPS) is 13.4. The summed E-state index contributed by atoms with van der Waals surface area (Å²) in [6.07, 6.45) is 0. The smallest absolute Gasteiger partial charge is 0.282 e. The second kappa shape index (κ2) is 7.92. The Balaban J connectivity index is 2.02. The predicted molar refractivity (Wildman–Crippen MR) is 91.3 cm³/mol. The number of halogens is 4. The van der Waals surface area contributed by atoms with Crippen LogP contribution in [0.25, 0.3) is 0 Å². The van der Waals surface area contributed by atoms with Crippen LogP contribution in [0.5, 0.6) is 0 Å². The SMILES string of the molecule is C[C@H]([NH2+][C@H](C)C(=O)Nc1ccc(Cl)cc1Cl)c1ccc(F)cc1F. The summed E-state index contributed by atoms with van der Waals surface area (Å²) >= 11 is 11.8. The molecule has 0 saturated heterocycles. The summed E-state index contributed by atoms with van der Waals surface area (Å²) in [5.41, 5.74) is 0.785. The molecule has 0 spiro atoms. The Labute approximate surface area is 149 Å². The second-order valence-electron chi connectivity index (χ2n) is 5.55. The maximum atomic E-state index is 13.8. The van der Waals surface area contributed by atoms with Crippen LogP contribution in [-0.2, 0) is 4.79 Å². The van der Waals surface area contributed by atoms with Gasteiger partial charge in [-0.1, -0.05) is 23.2 Å². The molecular weight excluding hydrogens is 357 g/mol. The predicted octanol–water partition coefficient (Wildman–Crippen LogP) is 3.92. The summed E-state index contributed by atoms with van der Waals surface area (Å²) in [4.78, 5) is 12.3. The van der Waals surface area contributed by atoms with E-state index >= 15 is 0 Å². The Kier molecular flexibility index (Phi) is 6.15. The first-order valence-corrected chi connectivity index (χ1v) is 8.09. The zero-order chi connectivity index (χ0) is 17.9. The van der Waals surface area contributed by atoms with E-state index < -0.39 is 17.7 Å². The molecule has 0 aromatic heterocycles. The van der Waals surface area contributed by atoms with Gasteiger partial charge in [0.05, 0.1) is 10.7 Å². The molecule has 3 N–H and O–H groups in total. The molecule has 0 aliphatic carbocycles. The van der Waals surface area contributed by atoms with Crippen LogP contribution < -0.4 is 10.6 Å². The maximum Gasteiger partial charge on any atom is 0.282 e. The number of anilines is 1. The fourth-order valence-corrected chi connectivity index (χ4v) is 2.79. The number of benzene rings is 2. The zero-order valence-electron chi connectivity index (χ0n) is 13.1. The van der Waals surface area contributed by atoms with Gasteiger partial charge in [0.25, 0.3) is 5.91 Å². The Bertz CT molecular complexity index is 755. The summed E-state index contributed by atoms with van der Waals surface area (Å²) in [6, 6.07) is 7.31. The summed E-state index contributed by atoms with van der Waals surface area (Å²) < 4.78 is 26.8. The number of hydrogen-bond acceptors (Lipinski definition) is 1. The molecule has 0 radical (unpaired) electrons. The minimum Gasteiger partial charge on any atom is -0.330 e. The molecule has 3 nitrogen and oxygen atoms in total. The van der Waals surface area contributed by atoms with E-state index in [1.807, 2.05) is 0 Å². The highest BCUT2D eigenvalue weighted by molar-refractivity contribution is 6.36. The summed E-state index contributed by atoms with van der Waals surface area (Å²) in [7, 11) is 0. The highest BCUT2D eigenvalue weighted by Crippen LogP contribution is 2.25. The molecule has 2 atom stereocenters. The van der Waals surface area contributed by atoms with Crippen LogP contribution in [0.1, 0.15) is 25.5 Å². The monoisotopic (exact) mass is 373 g/mol. The Hall–Kier alpha value is -1.69. The molecule has 2 aromatic carbocycles. The van der Waals surface area contributed by atoms with Crippen molar-refractivity contribution in [3.05, 3.63) is 63.6 Å². The zero-order valence-corrected chi connectivity index (χ0v) is 14.6. The van der Waals surface area contributed by atoms with E-state index in [1.165, 1.54) is 18.2 Å². The molecule has 128 valence electrons. The van der Waals surface area contributed by atoms with E-state index in [9.17, 15) is 13.6 Å². The molecule has 1 amide bonds. The average Bonchev–Trinajstić information content (AvgIpc) is 2.49. The number of hydrogen-bond donors (Lipinski definition) is 2. The Morgan fingerprint density at radius 3 is 2.46 bits per heavy atom. The number of carbonyl (C=O) groups excluding carboxylic acids is 1. The average molecular weight is 374 g/mol. The van der Waals surface area contributed by atoms with Gasteiger partial charge >= 0.3 is 0 Å². The topological polar surface area (TPSA) is 45.7 Å². The van der Waals surface area contributed by atoms with Crippen LogP contribution in [0.15, 0.2) is 36.4 Å². The van der Waals surface area contributed by atoms with Crippen molar-refractivity contribution < 1.29 is 18.9 Å². The third-order valence-electron chi connectivity index (χ3n) is 3.63. The Morgan fingerprint density at radius 2 is 1.83 bits per heavy atom. The van der Waals surface area contributed by atoms with Gasteiger partial charge in [0, 0.05) is 16.7 Å². The summed E-state index contributed by atoms with van der Waals surface area (Å²) in [6.45, 7) is 3.44. The van der Waals surface area contributed by atoms with Crippen molar-refractivity contribution in [2.45, 2.75) is 25.9 Å². The van der Waals surface area contributed by atoms with Gasteiger partial charge in [-0.2, -0.15) is 0 Å². The van der Waals surface area contributed by atoms with Gasteiger partial charge < -0.3 is 10.6 Å². The van der Waals surface area contributed by atoms with Crippen LogP contribution in [0, 0.1) is 11.6 Å². The molecule has 0 bridgehead atoms. The third-order valence-corrected chi connectivity index (χ3v) is 4.18. The van der Waals surface area contributed by atoms with Crippen LogP contribution >= 0.6 is 23.2 Å². The first-order chi connectivity index (χ1) is 11.3. The van der Waals surface area contributed by atoms with Crippen molar-refractivity contribution in [3.8, 4) is 0 Å². The second-order valence-corrected chi connectivity index (χ2v) is 6.39. The molecule has 7 heteroatoms. The molecule has 0 heterocycles. The molecule has 0 saturated carbocycles. The van der Waals surface area contributed by atoms with Crippen molar-refractivity contribution in [1.29, 1.82) is 0 Å². The fourth-order valence-electron chi connectivity index (χ4n) is 2.33. The molecule has 2 rings (SSSR count). The minimum absolute atomic E-state index is 0.284. The maximum absolute atomic E-state index is 13.8. The molecule has 0 aliphatic rings. The van der Waals surface area contributed by atoms with E-state index in [4.69, 9.17) is 23.2 Å². The van der Waals surface area contributed by atoms with Crippen LogP contribution in [0.4, 0.5) is 14.5 Å². The lowest BCUT2D eigenvalue weighted by atomic mass is 10.1. The lowest BCUT2D eigenvalue weighted by Gasteiger charge is -2.17. The molecule has 24 heavy (non-hydrogen) atoms. The first kappa shape index (κ1) is 18.6. The quantitative estimate of drug-likeness (QED) is 0.819. The fraction of sp³-hybridized carbons (Fsp3) is 0.235. The standard InChI is InChI=1S/C17H16Cl2F2N2O/c1-9(13-5-4-12(20)8-15(13)21)22-10(2)17(24)23-16-6-3-11(18)7-14(16)19/h3-10,22H,1-2H3,(H,23,24)/p+1/t9-,10+/m0/s1. The number of carbonyl (C=O) groups is 1. The van der Waals surface area contributed by atoms with Gasteiger partial charge in [-0.3, -0.25) is 4.79 Å². The number of quaternary nitrogens is 1. The van der Waals surface area contributed by atoms with Crippen molar-refractivity contribution in [2.24, 2.45) is 0 Å². The van der Waals surface area contributed by atoms with Crippen molar-refractivity contribution in [3.63, 3.8) is 0 Å². The molecule has 0 unspecified atom stereocenters. The summed E-state index contributed by atoms with van der Waals surface area (Å²) in [5, 5.41) is 5.20. The van der Waals surface area contributed by atoms with Gasteiger partial charge in [-0.15, -0.1) is 0 Å². The summed E-state index contributed by atoms with van der Waals surface area (Å²) in [5.74, 6) is -1.55. The van der Waals surface area contributed by atoms with Crippen LogP contribution in [0.2, 0.25) is 10.0 Å². The highest BCUT2D eigenvalue weighted by atomic mass is 35.5. The van der Waals surface area contributed by atoms with Crippen LogP contribution in [0.3, 0.4) is 0 Å². The number of amides is 1. The highest BCUT2D eigenvalue weighted by Gasteiger charge is 2.23. The van der Waals surface area contributed by atoms with Crippen LogP contribution in [-0.4, -0.2) is 11.9 Å². The molecular formula is C17H17Cl2F2N2O+. The van der Waals surface area contributed by atoms with Gasteiger partial charge in [-0.25, -0.2) is 8.78 Å². The first-order valence-electron chi connectivity index (χ1n) is 7.33. The lowest BCUT2D eigenvalue weighted by molar-refractivity contribution is -0.710. The van der Waals surface area contributed by atoms with E-state index in [0.29, 0.717) is 21.3 Å².